The summed E-state index contributed by atoms with van der Waals surface area (Å²) < 4.78 is 0. The second-order valence-corrected chi connectivity index (χ2v) is 4.36. The molecule has 0 bridgehead atoms. The molecule has 0 saturated carbocycles. The predicted molar refractivity (Wildman–Crippen MR) is 78.5 cm³/mol. The summed E-state index contributed by atoms with van der Waals surface area (Å²) in [5, 5.41) is 21.7. The molecule has 0 aliphatic carbocycles. The standard InChI is InChI=1S/C13H10N4O5/c14-10-5-4-9(11(15)12(10)17(21)22)13(18)7-2-1-3-8(6-7)16(19)20/h1-6H,14-15H2. The lowest BCUT2D eigenvalue weighted by molar-refractivity contribution is -0.384. The molecular formula is C13H10N4O5. The van der Waals surface area contributed by atoms with Crippen molar-refractivity contribution in [2.24, 2.45) is 0 Å². The van der Waals surface area contributed by atoms with Crippen LogP contribution in [0.25, 0.3) is 0 Å². The molecule has 0 atom stereocenters. The molecule has 0 heterocycles. The van der Waals surface area contributed by atoms with Gasteiger partial charge in [0.15, 0.2) is 5.78 Å². The van der Waals surface area contributed by atoms with Crippen LogP contribution in [0.5, 0.6) is 0 Å². The van der Waals surface area contributed by atoms with E-state index in [9.17, 15) is 25.0 Å². The number of benzene rings is 2. The van der Waals surface area contributed by atoms with Crippen molar-refractivity contribution >= 4 is 28.5 Å². The SMILES string of the molecule is Nc1ccc(C(=O)c2cccc([N+](=O)[O-])c2)c(N)c1[N+](=O)[O-]. The molecule has 0 aliphatic rings. The van der Waals surface area contributed by atoms with Gasteiger partial charge in [0, 0.05) is 17.7 Å². The lowest BCUT2D eigenvalue weighted by atomic mass is 10.00. The van der Waals surface area contributed by atoms with Gasteiger partial charge in [-0.05, 0) is 12.1 Å². The van der Waals surface area contributed by atoms with Gasteiger partial charge in [-0.3, -0.25) is 25.0 Å². The highest BCUT2D eigenvalue weighted by Gasteiger charge is 2.24. The molecule has 112 valence electrons. The summed E-state index contributed by atoms with van der Waals surface area (Å²) >= 11 is 0. The number of nitrogens with zero attached hydrogens (tertiary/aromatic N) is 2. The van der Waals surface area contributed by atoms with Gasteiger partial charge in [-0.1, -0.05) is 12.1 Å². The molecular weight excluding hydrogens is 292 g/mol. The van der Waals surface area contributed by atoms with Gasteiger partial charge in [-0.15, -0.1) is 0 Å². The average Bonchev–Trinajstić information content (AvgIpc) is 2.46. The minimum atomic E-state index is -0.783. The number of hydrogen-bond donors (Lipinski definition) is 2. The second kappa shape index (κ2) is 5.48. The number of carbonyl (C=O) groups excluding carboxylic acids is 1. The molecule has 4 N–H and O–H groups in total. The van der Waals surface area contributed by atoms with Crippen LogP contribution in [-0.2, 0) is 0 Å². The van der Waals surface area contributed by atoms with Crippen LogP contribution in [0.1, 0.15) is 15.9 Å². The third-order valence-electron chi connectivity index (χ3n) is 2.99. The maximum atomic E-state index is 12.4. The van der Waals surface area contributed by atoms with Gasteiger partial charge in [0.05, 0.1) is 15.4 Å². The van der Waals surface area contributed by atoms with E-state index in [4.69, 9.17) is 11.5 Å². The fraction of sp³-hybridized carbons (Fsp3) is 0. The van der Waals surface area contributed by atoms with Crippen molar-refractivity contribution in [3.05, 3.63) is 67.8 Å². The van der Waals surface area contributed by atoms with Gasteiger partial charge in [0.25, 0.3) is 5.69 Å². The summed E-state index contributed by atoms with van der Waals surface area (Å²) in [5.41, 5.74) is 9.61. The number of nitro groups is 2. The van der Waals surface area contributed by atoms with Gasteiger partial charge in [0.1, 0.15) is 11.4 Å². The first-order chi connectivity index (χ1) is 10.3. The lowest BCUT2D eigenvalue weighted by Crippen LogP contribution is -2.09. The Balaban J connectivity index is 2.55. The van der Waals surface area contributed by atoms with Crippen LogP contribution in [0, 0.1) is 20.2 Å². The number of carbonyl (C=O) groups is 1. The average molecular weight is 302 g/mol. The molecule has 0 amide bonds. The zero-order valence-electron chi connectivity index (χ0n) is 11.1. The van der Waals surface area contributed by atoms with Crippen LogP contribution in [0.2, 0.25) is 0 Å². The quantitative estimate of drug-likeness (QED) is 0.378. The molecule has 0 fully saturated rings. The number of ketones is 1. The number of hydrogen-bond acceptors (Lipinski definition) is 7. The Bertz CT molecular complexity index is 803. The molecule has 9 heteroatoms. The van der Waals surface area contributed by atoms with Gasteiger partial charge in [-0.2, -0.15) is 0 Å². The zero-order valence-corrected chi connectivity index (χ0v) is 11.1. The summed E-state index contributed by atoms with van der Waals surface area (Å²) in [4.78, 5) is 32.6. The first-order valence-corrected chi connectivity index (χ1v) is 5.94. The maximum Gasteiger partial charge on any atom is 0.315 e. The summed E-state index contributed by atoms with van der Waals surface area (Å²) in [6.07, 6.45) is 0. The molecule has 22 heavy (non-hydrogen) atoms. The van der Waals surface area contributed by atoms with E-state index >= 15 is 0 Å². The fourth-order valence-electron chi connectivity index (χ4n) is 1.94. The normalized spacial score (nSPS) is 10.2. The van der Waals surface area contributed by atoms with Crippen molar-refractivity contribution in [1.29, 1.82) is 0 Å². The van der Waals surface area contributed by atoms with Crippen LogP contribution in [0.15, 0.2) is 36.4 Å². The Hall–Kier alpha value is -3.49. The van der Waals surface area contributed by atoms with Crippen LogP contribution >= 0.6 is 0 Å². The molecule has 0 saturated heterocycles. The van der Waals surface area contributed by atoms with Gasteiger partial charge in [0.2, 0.25) is 0 Å². The molecule has 0 radical (unpaired) electrons. The fourth-order valence-corrected chi connectivity index (χ4v) is 1.94. The van der Waals surface area contributed by atoms with Crippen LogP contribution < -0.4 is 11.5 Å². The van der Waals surface area contributed by atoms with E-state index in [1.807, 2.05) is 0 Å². The Labute approximate surface area is 123 Å². The minimum absolute atomic E-state index is 0.0000283. The van der Waals surface area contributed by atoms with Gasteiger partial charge in [-0.25, -0.2) is 0 Å². The monoisotopic (exact) mass is 302 g/mol. The zero-order chi connectivity index (χ0) is 16.4. The smallest absolute Gasteiger partial charge is 0.315 e. The van der Waals surface area contributed by atoms with Crippen molar-refractivity contribution in [3.8, 4) is 0 Å². The Morgan fingerprint density at radius 1 is 1.00 bits per heavy atom. The number of nitrogen functional groups attached to an aromatic ring is 2. The number of nitrogens with two attached hydrogens (primary N) is 2. The number of nitro benzene ring substituents is 2. The van der Waals surface area contributed by atoms with E-state index in [-0.39, 0.29) is 28.2 Å². The Morgan fingerprint density at radius 2 is 1.68 bits per heavy atom. The van der Waals surface area contributed by atoms with Gasteiger partial charge < -0.3 is 11.5 Å². The van der Waals surface area contributed by atoms with Crippen molar-refractivity contribution in [2.45, 2.75) is 0 Å². The van der Waals surface area contributed by atoms with E-state index < -0.39 is 21.3 Å². The summed E-state index contributed by atoms with van der Waals surface area (Å²) in [6.45, 7) is 0. The summed E-state index contributed by atoms with van der Waals surface area (Å²) in [5.74, 6) is -0.663. The molecule has 2 rings (SSSR count). The first kappa shape index (κ1) is 14.9. The third-order valence-corrected chi connectivity index (χ3v) is 2.99. The molecule has 2 aromatic carbocycles. The molecule has 0 aromatic heterocycles. The van der Waals surface area contributed by atoms with Crippen molar-refractivity contribution in [3.63, 3.8) is 0 Å². The molecule has 0 spiro atoms. The second-order valence-electron chi connectivity index (χ2n) is 4.36. The van der Waals surface area contributed by atoms with Crippen LogP contribution in [-0.4, -0.2) is 15.6 Å². The molecule has 9 nitrogen and oxygen atoms in total. The summed E-state index contributed by atoms with van der Waals surface area (Å²) in [7, 11) is 0. The van der Waals surface area contributed by atoms with E-state index in [2.05, 4.69) is 0 Å². The Morgan fingerprint density at radius 3 is 2.27 bits per heavy atom. The van der Waals surface area contributed by atoms with Crippen molar-refractivity contribution < 1.29 is 14.6 Å². The first-order valence-electron chi connectivity index (χ1n) is 5.94. The minimum Gasteiger partial charge on any atom is -0.393 e. The topological polar surface area (TPSA) is 155 Å². The van der Waals surface area contributed by atoms with Gasteiger partial charge >= 0.3 is 5.69 Å². The predicted octanol–water partition coefficient (Wildman–Crippen LogP) is 1.90. The number of non-ortho nitro benzene ring substituents is 1. The van der Waals surface area contributed by atoms with Crippen LogP contribution in [0.3, 0.4) is 0 Å². The van der Waals surface area contributed by atoms with Crippen molar-refractivity contribution in [1.82, 2.24) is 0 Å². The highest BCUT2D eigenvalue weighted by atomic mass is 16.6. The lowest BCUT2D eigenvalue weighted by Gasteiger charge is -2.07. The highest BCUT2D eigenvalue weighted by molar-refractivity contribution is 6.13. The van der Waals surface area contributed by atoms with Crippen molar-refractivity contribution in [2.75, 3.05) is 11.5 Å². The number of anilines is 2. The molecule has 0 unspecified atom stereocenters. The number of rotatable bonds is 4. The van der Waals surface area contributed by atoms with E-state index in [1.165, 1.54) is 30.3 Å². The van der Waals surface area contributed by atoms with E-state index in [0.29, 0.717) is 0 Å². The van der Waals surface area contributed by atoms with E-state index in [0.717, 1.165) is 6.07 Å². The maximum absolute atomic E-state index is 12.4. The van der Waals surface area contributed by atoms with E-state index in [1.54, 1.807) is 0 Å². The highest BCUT2D eigenvalue weighted by Crippen LogP contribution is 2.33. The molecule has 2 aromatic rings. The largest absolute Gasteiger partial charge is 0.393 e. The Kier molecular flexibility index (Phi) is 3.71. The van der Waals surface area contributed by atoms with Crippen LogP contribution in [0.4, 0.5) is 22.7 Å². The molecule has 0 aliphatic heterocycles. The third kappa shape index (κ3) is 2.54. The summed E-state index contributed by atoms with van der Waals surface area (Å²) in [6, 6.07) is 7.44.